The van der Waals surface area contributed by atoms with Crippen molar-refractivity contribution < 1.29 is 21.1 Å². The first kappa shape index (κ1) is 11.2. The molecule has 0 saturated heterocycles. The zero-order valence-corrected chi connectivity index (χ0v) is 10.2. The summed E-state index contributed by atoms with van der Waals surface area (Å²) in [5.41, 5.74) is 2.32. The van der Waals surface area contributed by atoms with Gasteiger partial charge in [0.1, 0.15) is 0 Å². The average Bonchev–Trinajstić information content (AvgIpc) is 2.70. The van der Waals surface area contributed by atoms with Crippen LogP contribution in [0.2, 0.25) is 0 Å². The molecule has 0 aliphatic heterocycles. The van der Waals surface area contributed by atoms with Crippen molar-refractivity contribution in [1.29, 1.82) is 0 Å². The van der Waals surface area contributed by atoms with Gasteiger partial charge in [-0.3, -0.25) is 4.68 Å². The molecule has 2 aromatic rings. The molecular weight excluding hydrogens is 355 g/mol. The van der Waals surface area contributed by atoms with Crippen molar-refractivity contribution in [1.82, 2.24) is 9.78 Å². The number of para-hydroxylation sites is 1. The van der Waals surface area contributed by atoms with E-state index < -0.39 is 0 Å². The first-order valence-corrected chi connectivity index (χ1v) is 4.41. The van der Waals surface area contributed by atoms with Gasteiger partial charge in [-0.1, -0.05) is 13.3 Å². The number of aryl methyl sites for hydroxylation is 1. The van der Waals surface area contributed by atoms with Crippen LogP contribution >= 0.6 is 0 Å². The molecule has 14 heavy (non-hydrogen) atoms. The first-order chi connectivity index (χ1) is 6.42. The van der Waals surface area contributed by atoms with Gasteiger partial charge in [0.2, 0.25) is 0 Å². The van der Waals surface area contributed by atoms with Crippen LogP contribution in [-0.2, 0) is 27.5 Å². The van der Waals surface area contributed by atoms with Gasteiger partial charge in [0.05, 0.1) is 0 Å². The first-order valence-electron chi connectivity index (χ1n) is 4.41. The van der Waals surface area contributed by atoms with Crippen LogP contribution < -0.4 is 0 Å². The van der Waals surface area contributed by atoms with E-state index >= 15 is 0 Å². The van der Waals surface area contributed by atoms with Crippen molar-refractivity contribution in [2.45, 2.75) is 13.3 Å². The molecule has 2 rings (SSSR count). The summed E-state index contributed by atoms with van der Waals surface area (Å²) in [6.45, 7) is 2.14. The summed E-state index contributed by atoms with van der Waals surface area (Å²) >= 11 is 0. The molecule has 0 atom stereocenters. The maximum Gasteiger partial charge on any atom is 0.0493 e. The third-order valence-electron chi connectivity index (χ3n) is 2.03. The fraction of sp³-hybridized carbons (Fsp3) is 0.182. The number of rotatable bonds is 2. The third kappa shape index (κ3) is 2.13. The molecule has 0 aliphatic rings. The monoisotopic (exact) mass is 366 g/mol. The number of hydrogen-bond acceptors (Lipinski definition) is 1. The molecule has 3 heteroatoms. The molecule has 0 amide bonds. The molecule has 0 unspecified atom stereocenters. The van der Waals surface area contributed by atoms with E-state index in [0.29, 0.717) is 0 Å². The van der Waals surface area contributed by atoms with Gasteiger partial charge in [-0.25, -0.2) is 0 Å². The van der Waals surface area contributed by atoms with Gasteiger partial charge >= 0.3 is 0 Å². The summed E-state index contributed by atoms with van der Waals surface area (Å²) in [7, 11) is 0. The van der Waals surface area contributed by atoms with Gasteiger partial charge in [0.15, 0.2) is 0 Å². The van der Waals surface area contributed by atoms with Crippen LogP contribution in [-0.4, -0.2) is 9.78 Å². The van der Waals surface area contributed by atoms with Crippen LogP contribution in [0, 0.1) is 6.07 Å². The van der Waals surface area contributed by atoms with Crippen molar-refractivity contribution in [3.63, 3.8) is 0 Å². The van der Waals surface area contributed by atoms with Crippen LogP contribution in [0.15, 0.2) is 36.7 Å². The molecule has 0 saturated carbocycles. The van der Waals surface area contributed by atoms with Gasteiger partial charge in [0, 0.05) is 33.5 Å². The summed E-state index contributed by atoms with van der Waals surface area (Å²) in [4.78, 5) is 0. The smallest absolute Gasteiger partial charge is 0.0493 e. The topological polar surface area (TPSA) is 17.8 Å². The molecule has 0 fully saturated rings. The van der Waals surface area contributed by atoms with Crippen molar-refractivity contribution in [2.75, 3.05) is 0 Å². The number of hydrogen-bond donors (Lipinski definition) is 0. The second kappa shape index (κ2) is 5.11. The van der Waals surface area contributed by atoms with Crippen LogP contribution in [0.5, 0.6) is 0 Å². The van der Waals surface area contributed by atoms with E-state index in [9.17, 15) is 0 Å². The fourth-order valence-electron chi connectivity index (χ4n) is 1.36. The number of aromatic nitrogens is 2. The second-order valence-electron chi connectivity index (χ2n) is 2.85. The molecule has 2 nitrogen and oxygen atoms in total. The largest absolute Gasteiger partial charge is 0.265 e. The van der Waals surface area contributed by atoms with Gasteiger partial charge in [-0.2, -0.15) is 29.4 Å². The predicted molar refractivity (Wildman–Crippen MR) is 51.8 cm³/mol. The predicted octanol–water partition coefficient (Wildman–Crippen LogP) is 2.23. The molecule has 0 bridgehead atoms. The molecule has 0 N–H and O–H groups in total. The Hall–Kier alpha value is -0.882. The van der Waals surface area contributed by atoms with E-state index in [1.54, 1.807) is 6.20 Å². The Labute approximate surface area is 98.2 Å². The van der Waals surface area contributed by atoms with E-state index in [4.69, 9.17) is 0 Å². The molecule has 1 aromatic carbocycles. The second-order valence-corrected chi connectivity index (χ2v) is 2.85. The Bertz CT molecular complexity index is 382. The number of benzene rings is 1. The zero-order chi connectivity index (χ0) is 9.10. The molecule has 1 aromatic heterocycles. The van der Waals surface area contributed by atoms with E-state index in [0.717, 1.165) is 12.1 Å². The van der Waals surface area contributed by atoms with Crippen LogP contribution in [0.1, 0.15) is 12.5 Å². The normalized spacial score (nSPS) is 9.50. The van der Waals surface area contributed by atoms with Gasteiger partial charge < -0.3 is 0 Å². The van der Waals surface area contributed by atoms with E-state index in [-0.39, 0.29) is 21.1 Å². The molecule has 0 aliphatic carbocycles. The summed E-state index contributed by atoms with van der Waals surface area (Å²) < 4.78 is 1.85. The van der Waals surface area contributed by atoms with Crippen molar-refractivity contribution >= 4 is 0 Å². The molecule has 1 heterocycles. The summed E-state index contributed by atoms with van der Waals surface area (Å²) in [5.74, 6) is 0. The van der Waals surface area contributed by atoms with Crippen molar-refractivity contribution in [2.24, 2.45) is 0 Å². The Morgan fingerprint density at radius 1 is 1.43 bits per heavy atom. The minimum absolute atomic E-state index is 0. The average molecular weight is 366 g/mol. The molecular formula is C11H11N2Pt-. The van der Waals surface area contributed by atoms with Gasteiger partial charge in [0.25, 0.3) is 0 Å². The molecule has 0 radical (unpaired) electrons. The minimum atomic E-state index is 0. The third-order valence-corrected chi connectivity index (χ3v) is 2.03. The van der Waals surface area contributed by atoms with E-state index in [1.165, 1.54) is 5.56 Å². The molecule has 76 valence electrons. The number of nitrogens with zero attached hydrogens (tertiary/aromatic N) is 2. The van der Waals surface area contributed by atoms with Crippen LogP contribution in [0.25, 0.3) is 5.69 Å². The van der Waals surface area contributed by atoms with Crippen LogP contribution in [0.4, 0.5) is 0 Å². The summed E-state index contributed by atoms with van der Waals surface area (Å²) in [6.07, 6.45) is 4.72. The SMILES string of the molecule is CCc1ccc[c-]c1-n1cccn1.[Pt]. The summed E-state index contributed by atoms with van der Waals surface area (Å²) in [5, 5.41) is 4.18. The Morgan fingerprint density at radius 3 is 2.93 bits per heavy atom. The van der Waals surface area contributed by atoms with Crippen molar-refractivity contribution in [3.8, 4) is 5.69 Å². The van der Waals surface area contributed by atoms with E-state index in [1.807, 2.05) is 29.1 Å². The maximum absolute atomic E-state index is 4.18. The fourth-order valence-corrected chi connectivity index (χ4v) is 1.36. The Kier molecular flexibility index (Phi) is 4.09. The minimum Gasteiger partial charge on any atom is -0.265 e. The zero-order valence-electron chi connectivity index (χ0n) is 7.88. The Balaban J connectivity index is 0.000000980. The standard InChI is InChI=1S/C11H11N2.Pt/c1-2-10-6-3-4-7-11(10)13-9-5-8-12-13;/h3-6,8-9H,2H2,1H3;/q-1;. The maximum atomic E-state index is 4.18. The quantitative estimate of drug-likeness (QED) is 0.746. The van der Waals surface area contributed by atoms with Gasteiger partial charge in [-0.15, -0.1) is 5.56 Å². The van der Waals surface area contributed by atoms with E-state index in [2.05, 4.69) is 24.2 Å². The van der Waals surface area contributed by atoms with Gasteiger partial charge in [-0.05, 0) is 11.8 Å². The van der Waals surface area contributed by atoms with Crippen LogP contribution in [0.3, 0.4) is 0 Å². The molecule has 0 spiro atoms. The van der Waals surface area contributed by atoms with Crippen molar-refractivity contribution in [3.05, 3.63) is 48.3 Å². The summed E-state index contributed by atoms with van der Waals surface area (Å²) in [6, 6.07) is 11.1. The Morgan fingerprint density at radius 2 is 2.29 bits per heavy atom.